The van der Waals surface area contributed by atoms with E-state index in [0.717, 1.165) is 22.6 Å². The van der Waals surface area contributed by atoms with Crippen LogP contribution in [0.15, 0.2) is 46.9 Å². The van der Waals surface area contributed by atoms with Gasteiger partial charge in [-0.05, 0) is 30.6 Å². The first kappa shape index (κ1) is 15.4. The number of carbonyl (C=O) groups is 1. The van der Waals surface area contributed by atoms with Crippen molar-refractivity contribution in [2.24, 2.45) is 5.41 Å². The molecule has 25 heavy (non-hydrogen) atoms. The summed E-state index contributed by atoms with van der Waals surface area (Å²) in [5.74, 6) is 0.114. The van der Waals surface area contributed by atoms with E-state index in [9.17, 15) is 13.2 Å². The normalized spacial score (nSPS) is 36.2. The molecular formula is C17H17NO6S. The highest BCUT2D eigenvalue weighted by Gasteiger charge is 2.63. The maximum Gasteiger partial charge on any atom is 0.259 e. The van der Waals surface area contributed by atoms with Crippen molar-refractivity contribution in [3.8, 4) is 0 Å². The molecule has 3 atom stereocenters. The molecule has 3 heterocycles. The van der Waals surface area contributed by atoms with Gasteiger partial charge in [-0.15, -0.1) is 0 Å². The lowest BCUT2D eigenvalue weighted by atomic mass is 9.73. The molecule has 5 aliphatic rings. The summed E-state index contributed by atoms with van der Waals surface area (Å²) in [5, 5.41) is 0. The van der Waals surface area contributed by atoms with Crippen LogP contribution in [-0.2, 0) is 29.0 Å². The minimum absolute atomic E-state index is 0.0954. The van der Waals surface area contributed by atoms with Gasteiger partial charge in [0.25, 0.3) is 5.91 Å². The average molecular weight is 363 g/mol. The number of rotatable bonds is 1. The number of sulfonamides is 1. The Kier molecular flexibility index (Phi) is 2.97. The second kappa shape index (κ2) is 4.84. The quantitative estimate of drug-likeness (QED) is 0.691. The molecular weight excluding hydrogens is 346 g/mol. The zero-order valence-corrected chi connectivity index (χ0v) is 14.4. The monoisotopic (exact) mass is 363 g/mol. The zero-order valence-electron chi connectivity index (χ0n) is 13.6. The van der Waals surface area contributed by atoms with Gasteiger partial charge in [0.15, 0.2) is 0 Å². The molecule has 7 nitrogen and oxygen atoms in total. The molecule has 132 valence electrons. The van der Waals surface area contributed by atoms with Crippen LogP contribution >= 0.6 is 0 Å². The standard InChI is InChI=1S/C17H17NO6S/c1-25(20,21)18-12-5-3-2-4-10(12)17(16(18)19)8-22-13-7-15-14(6-11(13)17)23-9-24-15/h4-7,14-15H,2-3,8-9H2,1H3. The molecule has 3 fully saturated rings. The maximum absolute atomic E-state index is 13.3. The Hall–Kier alpha value is -1.90. The van der Waals surface area contributed by atoms with Gasteiger partial charge in [-0.2, -0.15) is 0 Å². The van der Waals surface area contributed by atoms with Crippen LogP contribution in [0.25, 0.3) is 0 Å². The molecule has 2 aliphatic carbocycles. The van der Waals surface area contributed by atoms with Crippen LogP contribution in [0.5, 0.6) is 0 Å². The summed E-state index contributed by atoms with van der Waals surface area (Å²) in [5.41, 5.74) is 0.767. The third kappa shape index (κ3) is 1.87. The molecule has 0 aromatic heterocycles. The van der Waals surface area contributed by atoms with Gasteiger partial charge in [-0.3, -0.25) is 4.79 Å². The van der Waals surface area contributed by atoms with E-state index in [1.54, 1.807) is 0 Å². The minimum atomic E-state index is -3.72. The SMILES string of the molecule is CS(=O)(=O)N1C(=O)C2(COC3=CC4OCOC4C=C32)C2=CCCC=C21. The van der Waals surface area contributed by atoms with Gasteiger partial charge < -0.3 is 14.2 Å². The van der Waals surface area contributed by atoms with Gasteiger partial charge in [0.1, 0.15) is 36.8 Å². The number of amides is 1. The Morgan fingerprint density at radius 3 is 2.60 bits per heavy atom. The second-order valence-corrected chi connectivity index (χ2v) is 8.63. The first-order valence-electron chi connectivity index (χ1n) is 8.19. The highest BCUT2D eigenvalue weighted by molar-refractivity contribution is 7.89. The van der Waals surface area contributed by atoms with Gasteiger partial charge in [0, 0.05) is 5.57 Å². The molecule has 0 bridgehead atoms. The van der Waals surface area contributed by atoms with E-state index in [1.165, 1.54) is 0 Å². The van der Waals surface area contributed by atoms with Crippen molar-refractivity contribution in [3.63, 3.8) is 0 Å². The van der Waals surface area contributed by atoms with Crippen molar-refractivity contribution in [2.75, 3.05) is 19.7 Å². The van der Waals surface area contributed by atoms with E-state index in [-0.39, 0.29) is 25.6 Å². The smallest absolute Gasteiger partial charge is 0.259 e. The van der Waals surface area contributed by atoms with Crippen LogP contribution in [0.3, 0.4) is 0 Å². The largest absolute Gasteiger partial charge is 0.492 e. The fraction of sp³-hybridized carbons (Fsp3) is 0.471. The van der Waals surface area contributed by atoms with Crippen LogP contribution in [0, 0.1) is 5.41 Å². The number of hydrogen-bond acceptors (Lipinski definition) is 6. The van der Waals surface area contributed by atoms with Gasteiger partial charge in [0.05, 0.1) is 12.0 Å². The summed E-state index contributed by atoms with van der Waals surface area (Å²) in [6, 6.07) is 0. The molecule has 5 rings (SSSR count). The summed E-state index contributed by atoms with van der Waals surface area (Å²) in [7, 11) is -3.72. The van der Waals surface area contributed by atoms with Crippen LogP contribution in [0.1, 0.15) is 12.8 Å². The van der Waals surface area contributed by atoms with Gasteiger partial charge >= 0.3 is 0 Å². The van der Waals surface area contributed by atoms with Gasteiger partial charge in [0.2, 0.25) is 10.0 Å². The van der Waals surface area contributed by atoms with E-state index < -0.39 is 21.3 Å². The summed E-state index contributed by atoms with van der Waals surface area (Å²) in [6.07, 6.45) is 9.49. The van der Waals surface area contributed by atoms with Crippen molar-refractivity contribution in [1.82, 2.24) is 4.31 Å². The first-order valence-corrected chi connectivity index (χ1v) is 10.0. The number of ether oxygens (including phenoxy) is 3. The molecule has 0 N–H and O–H groups in total. The van der Waals surface area contributed by atoms with E-state index in [1.807, 2.05) is 24.3 Å². The molecule has 0 aromatic carbocycles. The number of nitrogens with zero attached hydrogens (tertiary/aromatic N) is 1. The van der Waals surface area contributed by atoms with E-state index >= 15 is 0 Å². The molecule has 0 aromatic rings. The minimum Gasteiger partial charge on any atom is -0.492 e. The lowest BCUT2D eigenvalue weighted by Gasteiger charge is -2.25. The fourth-order valence-corrected chi connectivity index (χ4v) is 5.26. The predicted octanol–water partition coefficient (Wildman–Crippen LogP) is 0.974. The predicted molar refractivity (Wildman–Crippen MR) is 86.3 cm³/mol. The van der Waals surface area contributed by atoms with Crippen LogP contribution in [0.4, 0.5) is 0 Å². The summed E-state index contributed by atoms with van der Waals surface area (Å²) in [6.45, 7) is 0.283. The van der Waals surface area contributed by atoms with Crippen molar-refractivity contribution in [1.29, 1.82) is 0 Å². The third-order valence-corrected chi connectivity index (χ3v) is 6.38. The maximum atomic E-state index is 13.3. The Labute approximate surface area is 145 Å². The second-order valence-electron chi connectivity index (χ2n) is 6.80. The van der Waals surface area contributed by atoms with Crippen LogP contribution in [-0.4, -0.2) is 50.5 Å². The Balaban J connectivity index is 1.71. The van der Waals surface area contributed by atoms with E-state index in [0.29, 0.717) is 23.5 Å². The third-order valence-electron chi connectivity index (χ3n) is 5.35. The number of fused-ring (bicyclic) bond motifs is 5. The number of carbonyl (C=O) groups excluding carboxylic acids is 1. The van der Waals surface area contributed by atoms with Gasteiger partial charge in [-0.25, -0.2) is 12.7 Å². The first-order chi connectivity index (χ1) is 11.9. The molecule has 0 radical (unpaired) electrons. The Bertz CT molecular complexity index is 911. The molecule has 1 spiro atoms. The van der Waals surface area contributed by atoms with Crippen LogP contribution < -0.4 is 0 Å². The summed E-state index contributed by atoms with van der Waals surface area (Å²) < 4.78 is 42.4. The molecule has 3 saturated heterocycles. The van der Waals surface area contributed by atoms with E-state index in [4.69, 9.17) is 14.2 Å². The Morgan fingerprint density at radius 1 is 1.12 bits per heavy atom. The lowest BCUT2D eigenvalue weighted by molar-refractivity contribution is -0.129. The average Bonchev–Trinajstić information content (AvgIpc) is 3.22. The molecule has 1 amide bonds. The van der Waals surface area contributed by atoms with Crippen molar-refractivity contribution in [3.05, 3.63) is 46.9 Å². The molecule has 0 saturated carbocycles. The number of hydrogen-bond donors (Lipinski definition) is 0. The van der Waals surface area contributed by atoms with Crippen LogP contribution in [0.2, 0.25) is 0 Å². The lowest BCUT2D eigenvalue weighted by Crippen LogP contribution is -2.39. The Morgan fingerprint density at radius 2 is 1.84 bits per heavy atom. The zero-order chi connectivity index (χ0) is 17.4. The van der Waals surface area contributed by atoms with Crippen molar-refractivity contribution >= 4 is 15.9 Å². The topological polar surface area (TPSA) is 82.1 Å². The summed E-state index contributed by atoms with van der Waals surface area (Å²) in [4.78, 5) is 13.3. The molecule has 3 unspecified atom stereocenters. The highest BCUT2D eigenvalue weighted by atomic mass is 32.2. The van der Waals surface area contributed by atoms with Gasteiger partial charge in [-0.1, -0.05) is 12.2 Å². The highest BCUT2D eigenvalue weighted by Crippen LogP contribution is 2.57. The number of allylic oxidation sites excluding steroid dienone is 4. The van der Waals surface area contributed by atoms with E-state index in [2.05, 4.69) is 0 Å². The molecule has 3 aliphatic heterocycles. The molecule has 8 heteroatoms. The van der Waals surface area contributed by atoms with Crippen molar-refractivity contribution < 1.29 is 27.4 Å². The fourth-order valence-electron chi connectivity index (χ4n) is 4.27. The summed E-state index contributed by atoms with van der Waals surface area (Å²) >= 11 is 0. The van der Waals surface area contributed by atoms with Crippen molar-refractivity contribution in [2.45, 2.75) is 25.0 Å².